The van der Waals surface area contributed by atoms with E-state index >= 15 is 0 Å². The molecule has 0 fully saturated rings. The van der Waals surface area contributed by atoms with Gasteiger partial charge in [-0.05, 0) is 43.9 Å². The molecular formula is C16H23NO3. The van der Waals surface area contributed by atoms with E-state index in [-0.39, 0.29) is 18.6 Å². The molecule has 110 valence electrons. The van der Waals surface area contributed by atoms with Crippen LogP contribution in [0.15, 0.2) is 18.2 Å². The molecule has 1 amide bonds. The minimum absolute atomic E-state index is 0.0573. The molecule has 0 saturated heterocycles. The number of nitrogens with one attached hydrogen (secondary N) is 1. The summed E-state index contributed by atoms with van der Waals surface area (Å²) < 4.78 is 5.06. The molecule has 1 aromatic rings. The Bertz CT molecular complexity index is 494. The SMILES string of the molecule is Cc1cccc(C(=O)OCC(=O)N[C@H](C)C(C)C)c1C. The number of hydrogen-bond acceptors (Lipinski definition) is 3. The van der Waals surface area contributed by atoms with Crippen molar-refractivity contribution in [1.82, 2.24) is 5.32 Å². The molecule has 0 radical (unpaired) electrons. The van der Waals surface area contributed by atoms with Crippen LogP contribution in [0.3, 0.4) is 0 Å². The van der Waals surface area contributed by atoms with E-state index < -0.39 is 5.97 Å². The lowest BCUT2D eigenvalue weighted by molar-refractivity contribution is -0.125. The Morgan fingerprint density at radius 3 is 2.45 bits per heavy atom. The Balaban J connectivity index is 2.55. The Kier molecular flexibility index (Phi) is 5.74. The van der Waals surface area contributed by atoms with Gasteiger partial charge in [-0.15, -0.1) is 0 Å². The van der Waals surface area contributed by atoms with Crippen LogP contribution in [0.1, 0.15) is 42.3 Å². The molecule has 1 atom stereocenters. The van der Waals surface area contributed by atoms with Gasteiger partial charge in [0, 0.05) is 6.04 Å². The molecule has 0 heterocycles. The van der Waals surface area contributed by atoms with Gasteiger partial charge in [0.2, 0.25) is 0 Å². The van der Waals surface area contributed by atoms with Gasteiger partial charge < -0.3 is 10.1 Å². The number of amides is 1. The largest absolute Gasteiger partial charge is 0.452 e. The maximum absolute atomic E-state index is 11.9. The van der Waals surface area contributed by atoms with Crippen LogP contribution in [0, 0.1) is 19.8 Å². The molecule has 0 aliphatic carbocycles. The van der Waals surface area contributed by atoms with E-state index in [0.29, 0.717) is 11.5 Å². The van der Waals surface area contributed by atoms with Gasteiger partial charge in [0.05, 0.1) is 5.56 Å². The van der Waals surface area contributed by atoms with E-state index in [1.807, 2.05) is 40.7 Å². The third kappa shape index (κ3) is 4.37. The molecule has 0 aliphatic rings. The quantitative estimate of drug-likeness (QED) is 0.842. The first kappa shape index (κ1) is 16.2. The maximum atomic E-state index is 11.9. The predicted molar refractivity (Wildman–Crippen MR) is 78.6 cm³/mol. The fourth-order valence-electron chi connectivity index (χ4n) is 1.64. The summed E-state index contributed by atoms with van der Waals surface area (Å²) in [5, 5.41) is 2.80. The number of aryl methyl sites for hydroxylation is 1. The topological polar surface area (TPSA) is 55.4 Å². The third-order valence-corrected chi connectivity index (χ3v) is 3.55. The average molecular weight is 277 g/mol. The van der Waals surface area contributed by atoms with E-state index in [4.69, 9.17) is 4.74 Å². The fourth-order valence-corrected chi connectivity index (χ4v) is 1.64. The number of carbonyl (C=O) groups excluding carboxylic acids is 2. The van der Waals surface area contributed by atoms with Gasteiger partial charge in [-0.25, -0.2) is 4.79 Å². The Hall–Kier alpha value is -1.84. The molecule has 4 heteroatoms. The van der Waals surface area contributed by atoms with E-state index in [0.717, 1.165) is 11.1 Å². The molecule has 1 N–H and O–H groups in total. The van der Waals surface area contributed by atoms with Gasteiger partial charge in [-0.2, -0.15) is 0 Å². The highest BCUT2D eigenvalue weighted by Gasteiger charge is 2.15. The zero-order chi connectivity index (χ0) is 15.3. The van der Waals surface area contributed by atoms with E-state index in [1.165, 1.54) is 0 Å². The summed E-state index contributed by atoms with van der Waals surface area (Å²) in [6.45, 7) is 9.52. The van der Waals surface area contributed by atoms with Crippen molar-refractivity contribution in [2.24, 2.45) is 5.92 Å². The minimum atomic E-state index is -0.460. The first-order valence-electron chi connectivity index (χ1n) is 6.85. The lowest BCUT2D eigenvalue weighted by atomic mass is 10.0. The second-order valence-corrected chi connectivity index (χ2v) is 5.42. The smallest absolute Gasteiger partial charge is 0.338 e. The van der Waals surface area contributed by atoms with Crippen molar-refractivity contribution in [3.8, 4) is 0 Å². The third-order valence-electron chi connectivity index (χ3n) is 3.55. The van der Waals surface area contributed by atoms with Gasteiger partial charge in [-0.1, -0.05) is 26.0 Å². The summed E-state index contributed by atoms with van der Waals surface area (Å²) in [6.07, 6.45) is 0. The number of esters is 1. The van der Waals surface area contributed by atoms with Crippen LogP contribution in [-0.4, -0.2) is 24.5 Å². The van der Waals surface area contributed by atoms with Crippen molar-refractivity contribution >= 4 is 11.9 Å². The standard InChI is InChI=1S/C16H23NO3/c1-10(2)13(5)17-15(18)9-20-16(19)14-8-6-7-11(3)12(14)4/h6-8,10,13H,9H2,1-5H3,(H,17,18)/t13-/m1/s1. The van der Waals surface area contributed by atoms with Crippen LogP contribution in [0.5, 0.6) is 0 Å². The lowest BCUT2D eigenvalue weighted by Gasteiger charge is -2.17. The van der Waals surface area contributed by atoms with Crippen molar-refractivity contribution in [2.45, 2.75) is 40.7 Å². The van der Waals surface area contributed by atoms with Gasteiger partial charge in [-0.3, -0.25) is 4.79 Å². The van der Waals surface area contributed by atoms with Crippen molar-refractivity contribution < 1.29 is 14.3 Å². The molecule has 0 bridgehead atoms. The maximum Gasteiger partial charge on any atom is 0.338 e. The van der Waals surface area contributed by atoms with E-state index in [2.05, 4.69) is 5.32 Å². The molecule has 20 heavy (non-hydrogen) atoms. The van der Waals surface area contributed by atoms with Crippen LogP contribution >= 0.6 is 0 Å². The second-order valence-electron chi connectivity index (χ2n) is 5.42. The Morgan fingerprint density at radius 1 is 1.20 bits per heavy atom. The zero-order valence-corrected chi connectivity index (χ0v) is 12.8. The van der Waals surface area contributed by atoms with Gasteiger partial charge in [0.25, 0.3) is 5.91 Å². The molecular weight excluding hydrogens is 254 g/mol. The fraction of sp³-hybridized carbons (Fsp3) is 0.500. The van der Waals surface area contributed by atoms with E-state index in [9.17, 15) is 9.59 Å². The van der Waals surface area contributed by atoms with E-state index in [1.54, 1.807) is 12.1 Å². The van der Waals surface area contributed by atoms with Crippen LogP contribution in [0.25, 0.3) is 0 Å². The molecule has 0 saturated carbocycles. The summed E-state index contributed by atoms with van der Waals surface area (Å²) in [5.74, 6) is -0.392. The highest BCUT2D eigenvalue weighted by atomic mass is 16.5. The number of carbonyl (C=O) groups is 2. The van der Waals surface area contributed by atoms with Gasteiger partial charge in [0.1, 0.15) is 0 Å². The molecule has 0 aromatic heterocycles. The summed E-state index contributed by atoms with van der Waals surface area (Å²) in [7, 11) is 0. The second kappa shape index (κ2) is 7.08. The molecule has 0 unspecified atom stereocenters. The summed E-state index contributed by atoms with van der Waals surface area (Å²) >= 11 is 0. The molecule has 0 spiro atoms. The number of rotatable bonds is 5. The normalized spacial score (nSPS) is 12.1. The van der Waals surface area contributed by atoms with Crippen LogP contribution in [-0.2, 0) is 9.53 Å². The zero-order valence-electron chi connectivity index (χ0n) is 12.8. The summed E-state index contributed by atoms with van der Waals surface area (Å²) in [4.78, 5) is 23.6. The highest BCUT2D eigenvalue weighted by Crippen LogP contribution is 2.13. The Labute approximate surface area is 120 Å². The van der Waals surface area contributed by atoms with Gasteiger partial charge in [0.15, 0.2) is 6.61 Å². The predicted octanol–water partition coefficient (Wildman–Crippen LogP) is 2.62. The van der Waals surface area contributed by atoms with Crippen molar-refractivity contribution in [3.05, 3.63) is 34.9 Å². The first-order valence-corrected chi connectivity index (χ1v) is 6.85. The van der Waals surface area contributed by atoms with Crippen LogP contribution < -0.4 is 5.32 Å². The Morgan fingerprint density at radius 2 is 1.85 bits per heavy atom. The molecule has 1 aromatic carbocycles. The van der Waals surface area contributed by atoms with Crippen molar-refractivity contribution in [3.63, 3.8) is 0 Å². The summed E-state index contributed by atoms with van der Waals surface area (Å²) in [5.41, 5.74) is 2.42. The summed E-state index contributed by atoms with van der Waals surface area (Å²) in [6, 6.07) is 5.50. The van der Waals surface area contributed by atoms with Crippen LogP contribution in [0.4, 0.5) is 0 Å². The average Bonchev–Trinajstić information content (AvgIpc) is 2.39. The lowest BCUT2D eigenvalue weighted by Crippen LogP contribution is -2.38. The first-order chi connectivity index (χ1) is 9.32. The number of hydrogen-bond donors (Lipinski definition) is 1. The van der Waals surface area contributed by atoms with Gasteiger partial charge >= 0.3 is 5.97 Å². The van der Waals surface area contributed by atoms with Crippen molar-refractivity contribution in [2.75, 3.05) is 6.61 Å². The minimum Gasteiger partial charge on any atom is -0.452 e. The van der Waals surface area contributed by atoms with Crippen LogP contribution in [0.2, 0.25) is 0 Å². The molecule has 1 rings (SSSR count). The number of benzene rings is 1. The number of ether oxygens (including phenoxy) is 1. The van der Waals surface area contributed by atoms with Crippen molar-refractivity contribution in [1.29, 1.82) is 0 Å². The highest BCUT2D eigenvalue weighted by molar-refractivity contribution is 5.93. The monoisotopic (exact) mass is 277 g/mol. The molecule has 0 aliphatic heterocycles. The molecule has 4 nitrogen and oxygen atoms in total.